The lowest BCUT2D eigenvalue weighted by Crippen LogP contribution is -2.12. The second-order valence-electron chi connectivity index (χ2n) is 6.92. The summed E-state index contributed by atoms with van der Waals surface area (Å²) in [6.07, 6.45) is 4.62. The number of H-pyrrole nitrogens is 1. The maximum atomic E-state index is 9.85. The molecule has 0 spiro atoms. The van der Waals surface area contributed by atoms with E-state index in [0.717, 1.165) is 47.9 Å². The van der Waals surface area contributed by atoms with Crippen LogP contribution in [0, 0.1) is 0 Å². The Morgan fingerprint density at radius 1 is 1.00 bits per heavy atom. The van der Waals surface area contributed by atoms with E-state index in [1.54, 1.807) is 13.2 Å². The first-order chi connectivity index (χ1) is 16.7. The minimum Gasteiger partial charge on any atom is -0.507 e. The summed E-state index contributed by atoms with van der Waals surface area (Å²) in [5.74, 6) is 1.21. The lowest BCUT2D eigenvalue weighted by molar-refractivity contribution is -0.109. The van der Waals surface area contributed by atoms with Crippen molar-refractivity contribution in [3.63, 3.8) is 0 Å². The van der Waals surface area contributed by atoms with E-state index in [0.29, 0.717) is 12.3 Å². The average Bonchev–Trinajstić information content (AvgIpc) is 3.43. The summed E-state index contributed by atoms with van der Waals surface area (Å²) >= 11 is 0. The second kappa shape index (κ2) is 17.7. The molecule has 1 heterocycles. The first kappa shape index (κ1) is 28.3. The number of carbonyl (C=O) groups is 1. The zero-order valence-corrected chi connectivity index (χ0v) is 20.3. The van der Waals surface area contributed by atoms with Crippen molar-refractivity contribution in [2.75, 3.05) is 13.7 Å². The number of nitrogens with one attached hydrogen (secondary N) is 2. The number of aryl methyl sites for hydroxylation is 1. The average molecular weight is 464 g/mol. The summed E-state index contributed by atoms with van der Waals surface area (Å²) in [7, 11) is 1.65. The number of aromatic hydroxyl groups is 1. The number of amides is 1. The van der Waals surface area contributed by atoms with Gasteiger partial charge in [0.05, 0.1) is 7.11 Å². The highest BCUT2D eigenvalue weighted by Gasteiger charge is 1.94. The highest BCUT2D eigenvalue weighted by atomic mass is 16.5. The van der Waals surface area contributed by atoms with Crippen LogP contribution in [0.2, 0.25) is 0 Å². The van der Waals surface area contributed by atoms with Gasteiger partial charge in [-0.1, -0.05) is 62.4 Å². The van der Waals surface area contributed by atoms with Crippen LogP contribution in [0.5, 0.6) is 11.5 Å². The van der Waals surface area contributed by atoms with Gasteiger partial charge in [0.1, 0.15) is 11.5 Å². The molecule has 0 fully saturated rings. The van der Waals surface area contributed by atoms with E-state index in [9.17, 15) is 9.90 Å². The van der Waals surface area contributed by atoms with Crippen LogP contribution in [-0.2, 0) is 17.8 Å². The van der Waals surface area contributed by atoms with Crippen molar-refractivity contribution in [3.05, 3.63) is 96.3 Å². The molecule has 0 aliphatic carbocycles. The highest BCUT2D eigenvalue weighted by Crippen LogP contribution is 2.22. The molecule has 0 aliphatic heterocycles. The Morgan fingerprint density at radius 3 is 2.38 bits per heavy atom. The third kappa shape index (κ3) is 10.7. The van der Waals surface area contributed by atoms with Crippen LogP contribution in [0.25, 0.3) is 10.8 Å². The minimum atomic E-state index is 0.350. The number of benzene rings is 3. The fourth-order valence-corrected chi connectivity index (χ4v) is 2.97. The fourth-order valence-electron chi connectivity index (χ4n) is 2.97. The van der Waals surface area contributed by atoms with Crippen molar-refractivity contribution in [1.82, 2.24) is 10.3 Å². The molecule has 1 amide bonds. The fraction of sp³-hybridized carbons (Fsp3) is 0.250. The first-order valence-corrected chi connectivity index (χ1v) is 11.5. The summed E-state index contributed by atoms with van der Waals surface area (Å²) in [6.45, 7) is 5.32. The van der Waals surface area contributed by atoms with E-state index in [-0.39, 0.29) is 0 Å². The number of methoxy groups -OCH3 is 1. The van der Waals surface area contributed by atoms with Gasteiger partial charge < -0.3 is 25.9 Å². The number of rotatable bonds is 7. The number of fused-ring (bicyclic) bond motifs is 1. The zero-order chi connectivity index (χ0) is 25.0. The molecule has 0 aliphatic rings. The van der Waals surface area contributed by atoms with Crippen molar-refractivity contribution in [2.24, 2.45) is 5.73 Å². The van der Waals surface area contributed by atoms with Crippen LogP contribution in [-0.4, -0.2) is 30.2 Å². The van der Waals surface area contributed by atoms with Crippen molar-refractivity contribution in [1.29, 1.82) is 0 Å². The molecular formula is C28H37N3O3. The number of aromatic amines is 1. The summed E-state index contributed by atoms with van der Waals surface area (Å²) in [5, 5.41) is 14.0. The Labute approximate surface area is 202 Å². The molecule has 4 aromatic rings. The molecule has 4 rings (SSSR count). The zero-order valence-electron chi connectivity index (χ0n) is 20.3. The van der Waals surface area contributed by atoms with E-state index in [1.807, 2.05) is 92.8 Å². The number of hydrogen-bond acceptors (Lipinski definition) is 4. The molecule has 0 saturated heterocycles. The Morgan fingerprint density at radius 2 is 1.74 bits per heavy atom. The predicted molar refractivity (Wildman–Crippen MR) is 141 cm³/mol. The number of phenolic OH excluding ortho intramolecular Hbond substituents is 1. The number of phenols is 1. The van der Waals surface area contributed by atoms with Gasteiger partial charge in [0, 0.05) is 30.4 Å². The molecule has 6 heteroatoms. The largest absolute Gasteiger partial charge is 0.507 e. The summed E-state index contributed by atoms with van der Waals surface area (Å²) in [5.41, 5.74) is 7.73. The van der Waals surface area contributed by atoms with Gasteiger partial charge in [0.15, 0.2) is 0 Å². The topological polar surface area (TPSA) is 100 Å². The van der Waals surface area contributed by atoms with Gasteiger partial charge >= 0.3 is 0 Å². The van der Waals surface area contributed by atoms with Gasteiger partial charge in [-0.05, 0) is 54.1 Å². The molecule has 0 unspecified atom stereocenters. The van der Waals surface area contributed by atoms with Crippen molar-refractivity contribution in [2.45, 2.75) is 33.2 Å². The molecule has 3 aromatic carbocycles. The standard InChI is InChI=1S/C10H8O.C8H12N2O.C8H11NO.C2H6/c11-10-7-3-5-8-4-1-2-6-9(8)10;11-7-9-5-1-3-8-4-2-6-10-8;1-10-8-4-2-3-7(5-8)6-9;1-2/h1-7,11H;2,4,6-7,10H,1,3,5H2,(H,9,11);2-5H,6,9H2,1H3;1-2H3. The van der Waals surface area contributed by atoms with Crippen LogP contribution in [0.1, 0.15) is 31.5 Å². The molecular weight excluding hydrogens is 426 g/mol. The van der Waals surface area contributed by atoms with Crippen molar-refractivity contribution in [3.8, 4) is 11.5 Å². The van der Waals surface area contributed by atoms with Gasteiger partial charge in [0.25, 0.3) is 0 Å². The van der Waals surface area contributed by atoms with Gasteiger partial charge in [0.2, 0.25) is 6.41 Å². The van der Waals surface area contributed by atoms with Crippen LogP contribution in [0.3, 0.4) is 0 Å². The van der Waals surface area contributed by atoms with Gasteiger partial charge in [-0.25, -0.2) is 0 Å². The summed E-state index contributed by atoms with van der Waals surface area (Å²) < 4.78 is 5.00. The summed E-state index contributed by atoms with van der Waals surface area (Å²) in [4.78, 5) is 12.9. The number of aromatic nitrogens is 1. The predicted octanol–water partition coefficient (Wildman–Crippen LogP) is 5.42. The second-order valence-corrected chi connectivity index (χ2v) is 6.92. The molecule has 34 heavy (non-hydrogen) atoms. The molecule has 0 saturated carbocycles. The molecule has 0 radical (unpaired) electrons. The molecule has 5 N–H and O–H groups in total. The number of ether oxygens (including phenoxy) is 1. The maximum absolute atomic E-state index is 9.85. The van der Waals surface area contributed by atoms with Crippen LogP contribution in [0.4, 0.5) is 0 Å². The molecule has 6 nitrogen and oxygen atoms in total. The number of carbonyl (C=O) groups excluding carboxylic acids is 1. The lowest BCUT2D eigenvalue weighted by atomic mass is 10.1. The molecule has 0 bridgehead atoms. The van der Waals surface area contributed by atoms with E-state index in [1.165, 1.54) is 5.69 Å². The van der Waals surface area contributed by atoms with Crippen LogP contribution in [0.15, 0.2) is 85.1 Å². The molecule has 1 aromatic heterocycles. The molecule has 182 valence electrons. The Balaban J connectivity index is 0.000000246. The number of hydrogen-bond donors (Lipinski definition) is 4. The van der Waals surface area contributed by atoms with Crippen LogP contribution < -0.4 is 15.8 Å². The van der Waals surface area contributed by atoms with E-state index < -0.39 is 0 Å². The Bertz CT molecular complexity index is 1030. The third-order valence-electron chi connectivity index (χ3n) is 4.65. The first-order valence-electron chi connectivity index (χ1n) is 11.5. The van der Waals surface area contributed by atoms with Gasteiger partial charge in [-0.2, -0.15) is 0 Å². The van der Waals surface area contributed by atoms with E-state index >= 15 is 0 Å². The quantitative estimate of drug-likeness (QED) is 0.217. The monoisotopic (exact) mass is 463 g/mol. The normalized spacial score (nSPS) is 9.29. The van der Waals surface area contributed by atoms with Crippen molar-refractivity contribution >= 4 is 17.2 Å². The lowest BCUT2D eigenvalue weighted by Gasteiger charge is -2.00. The third-order valence-corrected chi connectivity index (χ3v) is 4.65. The Hall–Kier alpha value is -3.77. The van der Waals surface area contributed by atoms with Crippen LogP contribution >= 0.6 is 0 Å². The molecule has 0 atom stereocenters. The van der Waals surface area contributed by atoms with E-state index in [4.69, 9.17) is 10.5 Å². The Kier molecular flexibility index (Phi) is 14.8. The van der Waals surface area contributed by atoms with Gasteiger partial charge in [-0.15, -0.1) is 0 Å². The maximum Gasteiger partial charge on any atom is 0.207 e. The highest BCUT2D eigenvalue weighted by molar-refractivity contribution is 5.87. The smallest absolute Gasteiger partial charge is 0.207 e. The van der Waals surface area contributed by atoms with Gasteiger partial charge in [-0.3, -0.25) is 4.79 Å². The van der Waals surface area contributed by atoms with E-state index in [2.05, 4.69) is 10.3 Å². The van der Waals surface area contributed by atoms with Crippen molar-refractivity contribution < 1.29 is 14.6 Å². The summed E-state index contributed by atoms with van der Waals surface area (Å²) in [6, 6.07) is 25.0. The number of nitrogens with two attached hydrogens (primary N) is 1. The SMILES string of the molecule is CC.COc1cccc(CN)c1.O=CNCCCc1ccc[nH]1.Oc1cccc2ccccc12. The minimum absolute atomic E-state index is 0.350.